The van der Waals surface area contributed by atoms with E-state index in [4.69, 9.17) is 9.47 Å². The highest BCUT2D eigenvalue weighted by Gasteiger charge is 2.52. The third-order valence-corrected chi connectivity index (χ3v) is 5.43. The van der Waals surface area contributed by atoms with Gasteiger partial charge in [-0.05, 0) is 39.0 Å². The van der Waals surface area contributed by atoms with Gasteiger partial charge in [0.25, 0.3) is 0 Å². The summed E-state index contributed by atoms with van der Waals surface area (Å²) in [6.07, 6.45) is 4.51. The summed E-state index contributed by atoms with van der Waals surface area (Å²) in [5, 5.41) is 0. The number of hydrogen-bond acceptors (Lipinski definition) is 4. The Labute approximate surface area is 127 Å². The van der Waals surface area contributed by atoms with E-state index in [0.29, 0.717) is 0 Å². The molecule has 1 heterocycles. The van der Waals surface area contributed by atoms with Crippen molar-refractivity contribution in [2.75, 3.05) is 0 Å². The molecule has 0 aromatic heterocycles. The zero-order valence-electron chi connectivity index (χ0n) is 13.7. The lowest BCUT2D eigenvalue weighted by Gasteiger charge is -2.34. The molecular formula is C17H28O4. The molecule has 1 aliphatic heterocycles. The van der Waals surface area contributed by atoms with Crippen LogP contribution in [-0.4, -0.2) is 24.1 Å². The first-order valence-electron chi connectivity index (χ1n) is 8.38. The third kappa shape index (κ3) is 2.95. The Morgan fingerprint density at radius 1 is 1.33 bits per heavy atom. The monoisotopic (exact) mass is 296 g/mol. The summed E-state index contributed by atoms with van der Waals surface area (Å²) < 4.78 is 11.3. The fourth-order valence-corrected chi connectivity index (χ4v) is 3.80. The van der Waals surface area contributed by atoms with Crippen LogP contribution in [-0.2, 0) is 19.1 Å². The van der Waals surface area contributed by atoms with Gasteiger partial charge in [-0.15, -0.1) is 0 Å². The van der Waals surface area contributed by atoms with E-state index >= 15 is 0 Å². The molecule has 0 amide bonds. The van der Waals surface area contributed by atoms with Crippen molar-refractivity contribution in [2.45, 2.75) is 78.4 Å². The topological polar surface area (TPSA) is 52.6 Å². The average molecular weight is 296 g/mol. The molecule has 1 saturated heterocycles. The van der Waals surface area contributed by atoms with Crippen molar-refractivity contribution in [3.63, 3.8) is 0 Å². The second-order valence-electron chi connectivity index (χ2n) is 6.77. The molecule has 2 rings (SSSR count). The number of carbonyl (C=O) groups is 2. The Bertz CT molecular complexity index is 406. The van der Waals surface area contributed by atoms with Crippen molar-refractivity contribution in [2.24, 2.45) is 17.3 Å². The van der Waals surface area contributed by atoms with Crippen molar-refractivity contribution >= 4 is 11.9 Å². The molecule has 0 spiro atoms. The molecule has 1 aliphatic carbocycles. The molecule has 4 nitrogen and oxygen atoms in total. The van der Waals surface area contributed by atoms with Gasteiger partial charge in [-0.1, -0.05) is 27.2 Å². The van der Waals surface area contributed by atoms with E-state index in [1.165, 1.54) is 0 Å². The summed E-state index contributed by atoms with van der Waals surface area (Å²) >= 11 is 0. The molecule has 1 saturated carbocycles. The van der Waals surface area contributed by atoms with Crippen molar-refractivity contribution in [3.05, 3.63) is 0 Å². The van der Waals surface area contributed by atoms with Gasteiger partial charge in [-0.3, -0.25) is 9.59 Å². The van der Waals surface area contributed by atoms with Crippen LogP contribution in [0.1, 0.15) is 66.2 Å². The maximum Gasteiger partial charge on any atom is 0.312 e. The molecule has 4 heteroatoms. The molecule has 2 fully saturated rings. The minimum absolute atomic E-state index is 0.0168. The maximum atomic E-state index is 12.5. The van der Waals surface area contributed by atoms with Crippen LogP contribution < -0.4 is 0 Å². The van der Waals surface area contributed by atoms with Crippen LogP contribution in [0.3, 0.4) is 0 Å². The Kier molecular flexibility index (Phi) is 4.95. The standard InChI is InChI=1S/C17H28O4/c1-5-10-17(4,7-3)16(19)20-13-9-8-12-11(6-2)14(13)21-15(12)18/h11-14H,5-10H2,1-4H3. The highest BCUT2D eigenvalue weighted by Crippen LogP contribution is 2.43. The Balaban J connectivity index is 2.06. The highest BCUT2D eigenvalue weighted by atomic mass is 16.6. The van der Waals surface area contributed by atoms with Crippen LogP contribution in [0, 0.1) is 17.3 Å². The first kappa shape index (κ1) is 16.3. The van der Waals surface area contributed by atoms with Gasteiger partial charge in [0.2, 0.25) is 0 Å². The van der Waals surface area contributed by atoms with E-state index in [1.54, 1.807) is 0 Å². The lowest BCUT2D eigenvalue weighted by atomic mass is 9.76. The van der Waals surface area contributed by atoms with Crippen LogP contribution in [0.2, 0.25) is 0 Å². The number of esters is 2. The molecule has 120 valence electrons. The van der Waals surface area contributed by atoms with Gasteiger partial charge in [-0.25, -0.2) is 0 Å². The molecule has 0 radical (unpaired) electrons. The fraction of sp³-hybridized carbons (Fsp3) is 0.882. The quantitative estimate of drug-likeness (QED) is 0.704. The summed E-state index contributed by atoms with van der Waals surface area (Å²) in [4.78, 5) is 24.4. The summed E-state index contributed by atoms with van der Waals surface area (Å²) in [6.45, 7) is 8.16. The molecule has 0 aromatic carbocycles. The van der Waals surface area contributed by atoms with Crippen LogP contribution in [0.5, 0.6) is 0 Å². The van der Waals surface area contributed by atoms with Crippen molar-refractivity contribution < 1.29 is 19.1 Å². The first-order valence-corrected chi connectivity index (χ1v) is 8.38. The summed E-state index contributed by atoms with van der Waals surface area (Å²) in [7, 11) is 0. The lowest BCUT2D eigenvalue weighted by molar-refractivity contribution is -0.172. The van der Waals surface area contributed by atoms with Crippen LogP contribution >= 0.6 is 0 Å². The molecular weight excluding hydrogens is 268 g/mol. The first-order chi connectivity index (χ1) is 9.96. The Hall–Kier alpha value is -1.06. The zero-order chi connectivity index (χ0) is 15.6. The largest absolute Gasteiger partial charge is 0.458 e. The summed E-state index contributed by atoms with van der Waals surface area (Å²) in [5.41, 5.74) is -0.421. The van der Waals surface area contributed by atoms with Crippen LogP contribution in [0.4, 0.5) is 0 Å². The van der Waals surface area contributed by atoms with E-state index in [-0.39, 0.29) is 36.0 Å². The van der Waals surface area contributed by atoms with E-state index in [1.807, 2.05) is 13.8 Å². The zero-order valence-corrected chi connectivity index (χ0v) is 13.7. The van der Waals surface area contributed by atoms with Gasteiger partial charge in [0, 0.05) is 5.92 Å². The number of hydrogen-bond donors (Lipinski definition) is 0. The third-order valence-electron chi connectivity index (χ3n) is 5.43. The molecule has 21 heavy (non-hydrogen) atoms. The van der Waals surface area contributed by atoms with Gasteiger partial charge >= 0.3 is 11.9 Å². The minimum Gasteiger partial charge on any atom is -0.458 e. The second kappa shape index (κ2) is 6.37. The van der Waals surface area contributed by atoms with E-state index in [2.05, 4.69) is 13.8 Å². The molecule has 0 N–H and O–H groups in total. The predicted octanol–water partition coefficient (Wildman–Crippen LogP) is 3.48. The SMILES string of the molecule is CCCC(C)(CC)C(=O)OC1CCC2C(=O)OC1C2CC. The van der Waals surface area contributed by atoms with Gasteiger partial charge in [0.15, 0.2) is 0 Å². The van der Waals surface area contributed by atoms with Crippen LogP contribution in [0.25, 0.3) is 0 Å². The predicted molar refractivity (Wildman–Crippen MR) is 79.6 cm³/mol. The van der Waals surface area contributed by atoms with E-state index in [9.17, 15) is 9.59 Å². The molecule has 2 aliphatic rings. The van der Waals surface area contributed by atoms with Crippen molar-refractivity contribution in [1.29, 1.82) is 0 Å². The lowest BCUT2D eigenvalue weighted by Crippen LogP contribution is -2.43. The number of carbonyl (C=O) groups excluding carboxylic acids is 2. The number of fused-ring (bicyclic) bond motifs is 2. The van der Waals surface area contributed by atoms with Gasteiger partial charge in [-0.2, -0.15) is 0 Å². The van der Waals surface area contributed by atoms with E-state index < -0.39 is 5.41 Å². The molecule has 2 bridgehead atoms. The summed E-state index contributed by atoms with van der Waals surface area (Å²) in [5.74, 6) is -0.00317. The van der Waals surface area contributed by atoms with Crippen molar-refractivity contribution in [3.8, 4) is 0 Å². The molecule has 0 aromatic rings. The van der Waals surface area contributed by atoms with E-state index in [0.717, 1.165) is 38.5 Å². The summed E-state index contributed by atoms with van der Waals surface area (Å²) in [6, 6.07) is 0. The molecule has 5 atom stereocenters. The average Bonchev–Trinajstić information content (AvgIpc) is 2.70. The maximum absolute atomic E-state index is 12.5. The van der Waals surface area contributed by atoms with Gasteiger partial charge in [0.05, 0.1) is 11.3 Å². The Morgan fingerprint density at radius 3 is 2.62 bits per heavy atom. The minimum atomic E-state index is -0.421. The fourth-order valence-electron chi connectivity index (χ4n) is 3.80. The molecule has 5 unspecified atom stereocenters. The van der Waals surface area contributed by atoms with Gasteiger partial charge < -0.3 is 9.47 Å². The van der Waals surface area contributed by atoms with Gasteiger partial charge in [0.1, 0.15) is 12.2 Å². The Morgan fingerprint density at radius 2 is 2.05 bits per heavy atom. The highest BCUT2D eigenvalue weighted by molar-refractivity contribution is 5.78. The smallest absolute Gasteiger partial charge is 0.312 e. The number of ether oxygens (including phenoxy) is 2. The number of rotatable bonds is 6. The normalized spacial score (nSPS) is 34.2. The van der Waals surface area contributed by atoms with Crippen LogP contribution in [0.15, 0.2) is 0 Å². The second-order valence-corrected chi connectivity index (χ2v) is 6.77. The van der Waals surface area contributed by atoms with Crippen molar-refractivity contribution in [1.82, 2.24) is 0 Å².